The molecule has 0 aromatic carbocycles. The van der Waals surface area contributed by atoms with Gasteiger partial charge in [0, 0.05) is 19.3 Å². The van der Waals surface area contributed by atoms with E-state index in [1.807, 2.05) is 0 Å². The van der Waals surface area contributed by atoms with Crippen molar-refractivity contribution < 1.29 is 28.6 Å². The number of unbranched alkanes of at least 4 members (excludes halogenated alkanes) is 28. The van der Waals surface area contributed by atoms with Crippen LogP contribution in [0.1, 0.15) is 272 Å². The number of esters is 3. The van der Waals surface area contributed by atoms with Crippen molar-refractivity contribution in [2.24, 2.45) is 11.8 Å². The molecule has 1 unspecified atom stereocenters. The maximum atomic E-state index is 12.7. The van der Waals surface area contributed by atoms with Crippen LogP contribution in [0.2, 0.25) is 0 Å². The lowest BCUT2D eigenvalue weighted by molar-refractivity contribution is -0.167. The fraction of sp³-hybridized carbons (Fsp3) is 0.940. The van der Waals surface area contributed by atoms with E-state index in [2.05, 4.69) is 34.6 Å². The Balaban J connectivity index is 4.28. The average molecular weight is 793 g/mol. The quantitative estimate of drug-likeness (QED) is 0.0347. The van der Waals surface area contributed by atoms with Gasteiger partial charge in [0.2, 0.25) is 0 Å². The van der Waals surface area contributed by atoms with Crippen molar-refractivity contribution in [3.05, 3.63) is 0 Å². The zero-order valence-electron chi connectivity index (χ0n) is 38.3. The second-order valence-electron chi connectivity index (χ2n) is 17.8. The number of hydrogen-bond acceptors (Lipinski definition) is 6. The molecule has 0 spiro atoms. The molecule has 6 heteroatoms. The third-order valence-electron chi connectivity index (χ3n) is 11.6. The zero-order chi connectivity index (χ0) is 41.2. The molecule has 0 radical (unpaired) electrons. The highest BCUT2D eigenvalue weighted by molar-refractivity contribution is 5.71. The maximum absolute atomic E-state index is 12.7. The highest BCUT2D eigenvalue weighted by Gasteiger charge is 2.19. The minimum Gasteiger partial charge on any atom is -0.462 e. The summed E-state index contributed by atoms with van der Waals surface area (Å²) in [6.45, 7) is 11.4. The number of hydrogen-bond donors (Lipinski definition) is 0. The molecular weight excluding hydrogens is 697 g/mol. The molecule has 0 aliphatic heterocycles. The van der Waals surface area contributed by atoms with E-state index in [1.165, 1.54) is 161 Å². The summed E-state index contributed by atoms with van der Waals surface area (Å²) in [5, 5.41) is 0. The van der Waals surface area contributed by atoms with Gasteiger partial charge in [-0.15, -0.1) is 0 Å². The van der Waals surface area contributed by atoms with E-state index in [0.29, 0.717) is 19.3 Å². The molecule has 6 nitrogen and oxygen atoms in total. The lowest BCUT2D eigenvalue weighted by Gasteiger charge is -2.18. The Kier molecular flexibility index (Phi) is 41.8. The molecule has 2 atom stereocenters. The van der Waals surface area contributed by atoms with Crippen molar-refractivity contribution in [1.82, 2.24) is 0 Å². The van der Waals surface area contributed by atoms with Gasteiger partial charge < -0.3 is 14.2 Å². The molecule has 0 aliphatic rings. The van der Waals surface area contributed by atoms with E-state index in [4.69, 9.17) is 14.2 Å². The van der Waals surface area contributed by atoms with E-state index in [9.17, 15) is 14.4 Å². The predicted octanol–water partition coefficient (Wildman–Crippen LogP) is 15.8. The number of carbonyl (C=O) groups is 3. The normalized spacial score (nSPS) is 12.5. The smallest absolute Gasteiger partial charge is 0.306 e. The van der Waals surface area contributed by atoms with Gasteiger partial charge in [0.1, 0.15) is 13.2 Å². The Morgan fingerprint density at radius 2 is 0.679 bits per heavy atom. The molecule has 0 saturated heterocycles. The van der Waals surface area contributed by atoms with Crippen molar-refractivity contribution in [3.63, 3.8) is 0 Å². The summed E-state index contributed by atoms with van der Waals surface area (Å²) in [5.41, 5.74) is 0. The van der Waals surface area contributed by atoms with Crippen LogP contribution in [0, 0.1) is 11.8 Å². The van der Waals surface area contributed by atoms with Gasteiger partial charge in [0.15, 0.2) is 6.10 Å². The van der Waals surface area contributed by atoms with Crippen LogP contribution in [0.25, 0.3) is 0 Å². The van der Waals surface area contributed by atoms with Gasteiger partial charge >= 0.3 is 17.9 Å². The minimum atomic E-state index is -0.760. The summed E-state index contributed by atoms with van der Waals surface area (Å²) >= 11 is 0. The van der Waals surface area contributed by atoms with Crippen LogP contribution in [0.5, 0.6) is 0 Å². The standard InChI is InChI=1S/C50H96O6/c1-6-8-9-10-11-12-19-27-32-37-42-50(53)56-47(44-55-49(52)41-36-31-26-22-21-24-29-34-39-46(5)7-2)43-54-48(51)40-35-30-25-20-17-15-13-14-16-18-23-28-33-38-45(3)4/h45-47H,6-44H2,1-5H3/t46?,47-/m1/s1. The first-order valence-corrected chi connectivity index (χ1v) is 24.8. The predicted molar refractivity (Wildman–Crippen MR) is 238 cm³/mol. The van der Waals surface area contributed by atoms with Gasteiger partial charge in [-0.1, -0.05) is 234 Å². The first-order valence-electron chi connectivity index (χ1n) is 24.8. The fourth-order valence-corrected chi connectivity index (χ4v) is 7.43. The molecule has 0 N–H and O–H groups in total. The summed E-state index contributed by atoms with van der Waals surface area (Å²) in [6.07, 6.45) is 42.2. The lowest BCUT2D eigenvalue weighted by atomic mass is 9.99. The molecule has 56 heavy (non-hydrogen) atoms. The van der Waals surface area contributed by atoms with Gasteiger partial charge in [-0.3, -0.25) is 14.4 Å². The van der Waals surface area contributed by atoms with Crippen LogP contribution in [0.4, 0.5) is 0 Å². The Labute approximate surface area is 348 Å². The molecule has 0 aromatic rings. The minimum absolute atomic E-state index is 0.0643. The third kappa shape index (κ3) is 42.0. The van der Waals surface area contributed by atoms with Crippen LogP contribution >= 0.6 is 0 Å². The van der Waals surface area contributed by atoms with Crippen molar-refractivity contribution >= 4 is 17.9 Å². The molecule has 0 aromatic heterocycles. The SMILES string of the molecule is CCCCCCCCCCCCC(=O)O[C@H](COC(=O)CCCCCCCCCCCCCCCC(C)C)COC(=O)CCCCCCCCCCC(C)CC. The largest absolute Gasteiger partial charge is 0.462 e. The summed E-state index contributed by atoms with van der Waals surface area (Å²) in [7, 11) is 0. The van der Waals surface area contributed by atoms with Gasteiger partial charge in [-0.25, -0.2) is 0 Å². The third-order valence-corrected chi connectivity index (χ3v) is 11.6. The van der Waals surface area contributed by atoms with E-state index in [1.54, 1.807) is 0 Å². The van der Waals surface area contributed by atoms with Crippen molar-refractivity contribution in [2.75, 3.05) is 13.2 Å². The molecule has 0 heterocycles. The van der Waals surface area contributed by atoms with Gasteiger partial charge in [-0.05, 0) is 31.1 Å². The highest BCUT2D eigenvalue weighted by atomic mass is 16.6. The fourth-order valence-electron chi connectivity index (χ4n) is 7.43. The number of ether oxygens (including phenoxy) is 3. The zero-order valence-corrected chi connectivity index (χ0v) is 38.3. The molecule has 0 aliphatic carbocycles. The second-order valence-corrected chi connectivity index (χ2v) is 17.8. The van der Waals surface area contributed by atoms with Gasteiger partial charge in [-0.2, -0.15) is 0 Å². The molecule has 0 bridgehead atoms. The molecule has 0 rings (SSSR count). The van der Waals surface area contributed by atoms with Crippen molar-refractivity contribution in [3.8, 4) is 0 Å². The number of carbonyl (C=O) groups excluding carboxylic acids is 3. The molecular formula is C50H96O6. The average Bonchev–Trinajstić information content (AvgIpc) is 3.18. The van der Waals surface area contributed by atoms with Crippen LogP contribution in [-0.4, -0.2) is 37.2 Å². The number of rotatable bonds is 44. The van der Waals surface area contributed by atoms with Crippen LogP contribution < -0.4 is 0 Å². The van der Waals surface area contributed by atoms with Crippen LogP contribution in [-0.2, 0) is 28.6 Å². The summed E-state index contributed by atoms with van der Waals surface area (Å²) in [4.78, 5) is 37.8. The molecule has 0 saturated carbocycles. The van der Waals surface area contributed by atoms with Gasteiger partial charge in [0.05, 0.1) is 0 Å². The van der Waals surface area contributed by atoms with Crippen molar-refractivity contribution in [1.29, 1.82) is 0 Å². The molecule has 0 amide bonds. The van der Waals surface area contributed by atoms with E-state index < -0.39 is 6.10 Å². The Morgan fingerprint density at radius 1 is 0.375 bits per heavy atom. The topological polar surface area (TPSA) is 78.9 Å². The van der Waals surface area contributed by atoms with E-state index >= 15 is 0 Å². The van der Waals surface area contributed by atoms with E-state index in [-0.39, 0.29) is 31.1 Å². The van der Waals surface area contributed by atoms with Gasteiger partial charge in [0.25, 0.3) is 0 Å². The Bertz CT molecular complexity index is 856. The van der Waals surface area contributed by atoms with E-state index in [0.717, 1.165) is 69.6 Å². The Hall–Kier alpha value is -1.59. The van der Waals surface area contributed by atoms with Crippen LogP contribution in [0.15, 0.2) is 0 Å². The maximum Gasteiger partial charge on any atom is 0.306 e. The highest BCUT2D eigenvalue weighted by Crippen LogP contribution is 2.17. The molecule has 0 fully saturated rings. The van der Waals surface area contributed by atoms with Crippen molar-refractivity contribution in [2.45, 2.75) is 278 Å². The lowest BCUT2D eigenvalue weighted by Crippen LogP contribution is -2.30. The van der Waals surface area contributed by atoms with Crippen LogP contribution in [0.3, 0.4) is 0 Å². The molecule has 332 valence electrons. The monoisotopic (exact) mass is 793 g/mol. The summed E-state index contributed by atoms with van der Waals surface area (Å²) < 4.78 is 16.8. The summed E-state index contributed by atoms with van der Waals surface area (Å²) in [6, 6.07) is 0. The first kappa shape index (κ1) is 54.4. The Morgan fingerprint density at radius 3 is 1.02 bits per heavy atom. The summed E-state index contributed by atoms with van der Waals surface area (Å²) in [5.74, 6) is 0.834. The second kappa shape index (κ2) is 43.0. The first-order chi connectivity index (χ1) is 27.3.